The van der Waals surface area contributed by atoms with Crippen molar-refractivity contribution in [2.24, 2.45) is 0 Å². The third kappa shape index (κ3) is 4.13. The Balaban J connectivity index is 3.20. The first-order chi connectivity index (χ1) is 8.23. The Bertz CT molecular complexity index is 464. The number of rotatable bonds is 4. The summed E-state index contributed by atoms with van der Waals surface area (Å²) in [5, 5.41) is 8.48. The van der Waals surface area contributed by atoms with Gasteiger partial charge in [0.25, 0.3) is 0 Å². The second kappa shape index (κ2) is 5.51. The van der Waals surface area contributed by atoms with E-state index in [4.69, 9.17) is 5.11 Å². The molecule has 0 fully saturated rings. The van der Waals surface area contributed by atoms with E-state index in [1.807, 2.05) is 0 Å². The van der Waals surface area contributed by atoms with Gasteiger partial charge in [-0.15, -0.1) is 13.2 Å². The molecule has 0 aliphatic carbocycles. The van der Waals surface area contributed by atoms with Crippen LogP contribution in [0.5, 0.6) is 5.75 Å². The number of pyridine rings is 1. The van der Waals surface area contributed by atoms with Crippen molar-refractivity contribution < 1.29 is 32.2 Å². The Morgan fingerprint density at radius 1 is 1.44 bits per heavy atom. The van der Waals surface area contributed by atoms with Crippen LogP contribution in [0.3, 0.4) is 0 Å². The van der Waals surface area contributed by atoms with Crippen molar-refractivity contribution in [3.63, 3.8) is 0 Å². The van der Waals surface area contributed by atoms with E-state index in [0.717, 1.165) is 0 Å². The van der Waals surface area contributed by atoms with Crippen LogP contribution in [0.15, 0.2) is 6.07 Å². The molecule has 0 aromatic carbocycles. The van der Waals surface area contributed by atoms with Crippen molar-refractivity contribution in [1.29, 1.82) is 0 Å². The Morgan fingerprint density at radius 2 is 2.06 bits per heavy atom. The molecule has 0 spiro atoms. The number of carboxylic acids is 1. The lowest BCUT2D eigenvalue weighted by atomic mass is 10.2. The zero-order chi connectivity index (χ0) is 13.9. The van der Waals surface area contributed by atoms with Crippen LogP contribution in [0.4, 0.5) is 17.6 Å². The fourth-order valence-corrected chi connectivity index (χ4v) is 1.52. The van der Waals surface area contributed by atoms with Gasteiger partial charge >= 0.3 is 12.3 Å². The fraction of sp³-hybridized carbons (Fsp3) is 0.333. The molecule has 4 nitrogen and oxygen atoms in total. The number of carboxylic acid groups (broad SMARTS) is 1. The monoisotopic (exact) mass is 331 g/mol. The average Bonchev–Trinajstić information content (AvgIpc) is 2.19. The van der Waals surface area contributed by atoms with E-state index < -0.39 is 36.0 Å². The second-order valence-corrected chi connectivity index (χ2v) is 3.67. The molecule has 0 radical (unpaired) electrons. The average molecular weight is 332 g/mol. The normalized spacial score (nSPS) is 11.4. The molecule has 0 saturated carbocycles. The van der Waals surface area contributed by atoms with Gasteiger partial charge in [-0.2, -0.15) is 0 Å². The molecule has 1 N–H and O–H groups in total. The van der Waals surface area contributed by atoms with E-state index in [1.54, 1.807) is 0 Å². The van der Waals surface area contributed by atoms with Crippen molar-refractivity contribution in [3.8, 4) is 5.75 Å². The lowest BCUT2D eigenvalue weighted by molar-refractivity contribution is -0.275. The van der Waals surface area contributed by atoms with Crippen molar-refractivity contribution in [1.82, 2.24) is 4.98 Å². The fourth-order valence-electron chi connectivity index (χ4n) is 1.13. The molecule has 1 aromatic rings. The van der Waals surface area contributed by atoms with Crippen molar-refractivity contribution in [3.05, 3.63) is 23.3 Å². The molecule has 1 aromatic heterocycles. The zero-order valence-corrected chi connectivity index (χ0v) is 10.2. The van der Waals surface area contributed by atoms with Crippen LogP contribution in [-0.4, -0.2) is 22.4 Å². The maximum Gasteiger partial charge on any atom is 0.573 e. The predicted octanol–water partition coefficient (Wildman–Crippen LogP) is 2.64. The molecule has 0 atom stereocenters. The van der Waals surface area contributed by atoms with Crippen molar-refractivity contribution in [2.75, 3.05) is 0 Å². The Hall–Kier alpha value is -1.38. The summed E-state index contributed by atoms with van der Waals surface area (Å²) in [7, 11) is 0. The van der Waals surface area contributed by atoms with E-state index >= 15 is 0 Å². The van der Waals surface area contributed by atoms with Gasteiger partial charge in [0.15, 0.2) is 5.75 Å². The quantitative estimate of drug-likeness (QED) is 0.680. The number of alkyl halides is 4. The lowest BCUT2D eigenvalue weighted by Gasteiger charge is -2.13. The van der Waals surface area contributed by atoms with Gasteiger partial charge in [-0.1, -0.05) is 15.9 Å². The van der Waals surface area contributed by atoms with E-state index in [-0.39, 0.29) is 11.0 Å². The van der Waals surface area contributed by atoms with Gasteiger partial charge in [-0.05, 0) is 0 Å². The third-order valence-corrected chi connectivity index (χ3v) is 2.29. The Kier molecular flexibility index (Phi) is 4.49. The van der Waals surface area contributed by atoms with Crippen LogP contribution in [0.25, 0.3) is 0 Å². The zero-order valence-electron chi connectivity index (χ0n) is 8.59. The highest BCUT2D eigenvalue weighted by Crippen LogP contribution is 2.28. The van der Waals surface area contributed by atoms with Crippen LogP contribution in [-0.2, 0) is 16.5 Å². The van der Waals surface area contributed by atoms with E-state index in [0.29, 0.717) is 6.07 Å². The maximum atomic E-state index is 13.3. The third-order valence-electron chi connectivity index (χ3n) is 1.76. The summed E-state index contributed by atoms with van der Waals surface area (Å²) in [6.07, 6.45) is -5.84. The highest BCUT2D eigenvalue weighted by Gasteiger charge is 2.33. The van der Waals surface area contributed by atoms with Gasteiger partial charge in [0.1, 0.15) is 5.82 Å². The van der Waals surface area contributed by atoms with E-state index in [2.05, 4.69) is 25.7 Å². The highest BCUT2D eigenvalue weighted by atomic mass is 79.9. The first-order valence-electron chi connectivity index (χ1n) is 4.44. The van der Waals surface area contributed by atoms with Gasteiger partial charge in [0.2, 0.25) is 0 Å². The first-order valence-corrected chi connectivity index (χ1v) is 5.57. The molecule has 0 aliphatic rings. The van der Waals surface area contributed by atoms with Crippen LogP contribution in [0.2, 0.25) is 0 Å². The standard InChI is InChI=1S/C9H6BrF4NO3/c10-3-6-4(11)1-7(18-9(12,13)14)5(15-6)2-8(16)17/h1H,2-3H2,(H,16,17). The van der Waals surface area contributed by atoms with Gasteiger partial charge in [-0.25, -0.2) is 9.37 Å². The molecule has 1 rings (SSSR count). The molecule has 0 aliphatic heterocycles. The van der Waals surface area contributed by atoms with Gasteiger partial charge < -0.3 is 9.84 Å². The number of halogens is 5. The van der Waals surface area contributed by atoms with Crippen LogP contribution in [0, 0.1) is 5.82 Å². The Morgan fingerprint density at radius 3 is 2.50 bits per heavy atom. The molecule has 1 heterocycles. The molecule has 9 heteroatoms. The number of hydrogen-bond donors (Lipinski definition) is 1. The molecule has 100 valence electrons. The molecular formula is C9H6BrF4NO3. The minimum atomic E-state index is -5.04. The van der Waals surface area contributed by atoms with Gasteiger partial charge in [0.05, 0.1) is 17.8 Å². The number of carbonyl (C=O) groups is 1. The first kappa shape index (κ1) is 14.7. The SMILES string of the molecule is O=C(O)Cc1nc(CBr)c(F)cc1OC(F)(F)F. The summed E-state index contributed by atoms with van der Waals surface area (Å²) in [6, 6.07) is 0.468. The lowest BCUT2D eigenvalue weighted by Crippen LogP contribution is -2.20. The molecule has 18 heavy (non-hydrogen) atoms. The van der Waals surface area contributed by atoms with Crippen molar-refractivity contribution in [2.45, 2.75) is 18.1 Å². The predicted molar refractivity (Wildman–Crippen MR) is 54.8 cm³/mol. The summed E-state index contributed by atoms with van der Waals surface area (Å²) in [6.45, 7) is 0. The smallest absolute Gasteiger partial charge is 0.481 e. The van der Waals surface area contributed by atoms with Crippen LogP contribution >= 0.6 is 15.9 Å². The molecule has 0 amide bonds. The summed E-state index contributed by atoms with van der Waals surface area (Å²) >= 11 is 2.88. The van der Waals surface area contributed by atoms with Crippen LogP contribution < -0.4 is 4.74 Å². The summed E-state index contributed by atoms with van der Waals surface area (Å²) in [5.41, 5.74) is -0.684. The largest absolute Gasteiger partial charge is 0.573 e. The minimum Gasteiger partial charge on any atom is -0.481 e. The number of nitrogens with zero attached hydrogens (tertiary/aromatic N) is 1. The van der Waals surface area contributed by atoms with Gasteiger partial charge in [-0.3, -0.25) is 4.79 Å². The topological polar surface area (TPSA) is 59.4 Å². The Labute approximate surface area is 107 Å². The maximum absolute atomic E-state index is 13.3. The van der Waals surface area contributed by atoms with E-state index in [1.165, 1.54) is 0 Å². The highest BCUT2D eigenvalue weighted by molar-refractivity contribution is 9.08. The van der Waals surface area contributed by atoms with Crippen LogP contribution in [0.1, 0.15) is 11.4 Å². The molecular weight excluding hydrogens is 326 g/mol. The van der Waals surface area contributed by atoms with Crippen molar-refractivity contribution >= 4 is 21.9 Å². The summed E-state index contributed by atoms with van der Waals surface area (Å²) in [4.78, 5) is 14.0. The molecule has 0 saturated heterocycles. The summed E-state index contributed by atoms with van der Waals surface area (Å²) < 4.78 is 52.9. The molecule has 0 bridgehead atoms. The number of aromatic nitrogens is 1. The summed E-state index contributed by atoms with van der Waals surface area (Å²) in [5.74, 6) is -3.37. The number of ether oxygens (including phenoxy) is 1. The number of hydrogen-bond acceptors (Lipinski definition) is 3. The van der Waals surface area contributed by atoms with E-state index in [9.17, 15) is 22.4 Å². The van der Waals surface area contributed by atoms with Gasteiger partial charge in [0, 0.05) is 11.4 Å². The minimum absolute atomic E-state index is 0.0578. The molecule has 0 unspecified atom stereocenters. The second-order valence-electron chi connectivity index (χ2n) is 3.11. The number of aliphatic carboxylic acids is 1.